The summed E-state index contributed by atoms with van der Waals surface area (Å²) in [5.74, 6) is -0.204. The van der Waals surface area contributed by atoms with Crippen LogP contribution in [0.4, 0.5) is 11.4 Å². The van der Waals surface area contributed by atoms with E-state index in [1.807, 2.05) is 39.0 Å². The van der Waals surface area contributed by atoms with Crippen molar-refractivity contribution in [3.05, 3.63) is 53.0 Å². The first-order valence-corrected chi connectivity index (χ1v) is 9.09. The second kappa shape index (κ2) is 7.00. The summed E-state index contributed by atoms with van der Waals surface area (Å²) in [4.78, 5) is 19.6. The van der Waals surface area contributed by atoms with Gasteiger partial charge in [0.25, 0.3) is 5.91 Å². The van der Waals surface area contributed by atoms with Crippen LogP contribution in [0.2, 0.25) is 0 Å². The smallest absolute Gasteiger partial charge is 0.261 e. The van der Waals surface area contributed by atoms with E-state index in [0.29, 0.717) is 11.2 Å². The Morgan fingerprint density at radius 2 is 1.93 bits per heavy atom. The molecule has 4 rings (SSSR count). The fourth-order valence-electron chi connectivity index (χ4n) is 3.43. The highest BCUT2D eigenvalue weighted by molar-refractivity contribution is 6.08. The molecule has 3 heterocycles. The molecule has 1 aliphatic heterocycles. The van der Waals surface area contributed by atoms with Crippen molar-refractivity contribution in [1.82, 2.24) is 14.6 Å². The van der Waals surface area contributed by atoms with Crippen molar-refractivity contribution in [2.45, 2.75) is 20.8 Å². The summed E-state index contributed by atoms with van der Waals surface area (Å²) in [7, 11) is 0. The number of ether oxygens (including phenoxy) is 1. The molecule has 1 saturated heterocycles. The van der Waals surface area contributed by atoms with Crippen LogP contribution in [-0.4, -0.2) is 46.8 Å². The Hall–Kier alpha value is -2.93. The minimum atomic E-state index is -0.204. The summed E-state index contributed by atoms with van der Waals surface area (Å²) < 4.78 is 7.10. The largest absolute Gasteiger partial charge is 0.378 e. The molecule has 1 N–H and O–H groups in total. The van der Waals surface area contributed by atoms with Crippen LogP contribution >= 0.6 is 0 Å². The van der Waals surface area contributed by atoms with E-state index in [0.717, 1.165) is 54.6 Å². The van der Waals surface area contributed by atoms with Crippen molar-refractivity contribution in [2.75, 3.05) is 36.5 Å². The van der Waals surface area contributed by atoms with Crippen LogP contribution in [0.15, 0.2) is 30.5 Å². The van der Waals surface area contributed by atoms with Gasteiger partial charge in [0.2, 0.25) is 0 Å². The van der Waals surface area contributed by atoms with Crippen LogP contribution in [0.3, 0.4) is 0 Å². The molecule has 1 amide bonds. The van der Waals surface area contributed by atoms with Crippen molar-refractivity contribution in [1.29, 1.82) is 0 Å². The number of aromatic nitrogens is 3. The Balaban J connectivity index is 1.58. The Kier molecular flexibility index (Phi) is 4.53. The predicted octanol–water partition coefficient (Wildman–Crippen LogP) is 2.74. The van der Waals surface area contributed by atoms with Gasteiger partial charge < -0.3 is 15.0 Å². The number of hydrogen-bond acceptors (Lipinski definition) is 5. The van der Waals surface area contributed by atoms with Gasteiger partial charge in [0.1, 0.15) is 5.56 Å². The zero-order valence-electron chi connectivity index (χ0n) is 15.8. The average Bonchev–Trinajstić information content (AvgIpc) is 3.08. The van der Waals surface area contributed by atoms with Gasteiger partial charge in [-0.1, -0.05) is 0 Å². The van der Waals surface area contributed by atoms with E-state index in [1.165, 1.54) is 0 Å². The molecule has 2 aromatic heterocycles. The molecule has 140 valence electrons. The van der Waals surface area contributed by atoms with Crippen LogP contribution in [0.1, 0.15) is 27.3 Å². The number of carbonyl (C=O) groups excluding carboxylic acids is 1. The monoisotopic (exact) mass is 365 g/mol. The van der Waals surface area contributed by atoms with E-state index < -0.39 is 0 Å². The fourth-order valence-corrected chi connectivity index (χ4v) is 3.43. The number of morpholine rings is 1. The molecular formula is C20H23N5O2. The van der Waals surface area contributed by atoms with Gasteiger partial charge in [0, 0.05) is 35.9 Å². The molecule has 1 fully saturated rings. The van der Waals surface area contributed by atoms with E-state index in [4.69, 9.17) is 4.74 Å². The predicted molar refractivity (Wildman–Crippen MR) is 105 cm³/mol. The lowest BCUT2D eigenvalue weighted by atomic mass is 10.1. The number of nitrogens with zero attached hydrogens (tertiary/aromatic N) is 4. The van der Waals surface area contributed by atoms with Crippen molar-refractivity contribution in [3.63, 3.8) is 0 Å². The number of aryl methyl sites for hydroxylation is 3. The maximum absolute atomic E-state index is 12.8. The summed E-state index contributed by atoms with van der Waals surface area (Å²) in [6.45, 7) is 9.13. The van der Waals surface area contributed by atoms with E-state index in [-0.39, 0.29) is 5.91 Å². The molecule has 1 aliphatic rings. The first kappa shape index (κ1) is 17.5. The first-order valence-electron chi connectivity index (χ1n) is 9.09. The van der Waals surface area contributed by atoms with Gasteiger partial charge in [-0.2, -0.15) is 5.10 Å². The molecule has 1 aromatic carbocycles. The SMILES string of the molecule is Cc1cc(C)n2ncc(C(=O)Nc3ccc(N4CCOCC4)cc3C)c2n1. The zero-order chi connectivity index (χ0) is 19.0. The third-order valence-corrected chi connectivity index (χ3v) is 4.86. The molecule has 0 bridgehead atoms. The van der Waals surface area contributed by atoms with Crippen LogP contribution in [-0.2, 0) is 4.74 Å². The minimum absolute atomic E-state index is 0.204. The Morgan fingerprint density at radius 1 is 1.15 bits per heavy atom. The quantitative estimate of drug-likeness (QED) is 0.773. The lowest BCUT2D eigenvalue weighted by Gasteiger charge is -2.29. The van der Waals surface area contributed by atoms with Crippen LogP contribution in [0.25, 0.3) is 5.65 Å². The number of amides is 1. The highest BCUT2D eigenvalue weighted by Crippen LogP contribution is 2.24. The van der Waals surface area contributed by atoms with Gasteiger partial charge in [-0.05, 0) is 50.6 Å². The molecule has 7 heteroatoms. The third kappa shape index (κ3) is 3.38. The number of hydrogen-bond donors (Lipinski definition) is 1. The second-order valence-electron chi connectivity index (χ2n) is 6.89. The number of fused-ring (bicyclic) bond motifs is 1. The summed E-state index contributed by atoms with van der Waals surface area (Å²) in [5, 5.41) is 7.29. The maximum atomic E-state index is 12.8. The Bertz CT molecular complexity index is 1010. The van der Waals surface area contributed by atoms with E-state index in [2.05, 4.69) is 26.4 Å². The number of carbonyl (C=O) groups is 1. The van der Waals surface area contributed by atoms with Crippen molar-refractivity contribution >= 4 is 22.9 Å². The van der Waals surface area contributed by atoms with Gasteiger partial charge in [-0.25, -0.2) is 9.50 Å². The first-order chi connectivity index (χ1) is 13.0. The maximum Gasteiger partial charge on any atom is 0.261 e. The summed E-state index contributed by atoms with van der Waals surface area (Å²) in [5.41, 5.74) is 5.82. The van der Waals surface area contributed by atoms with Gasteiger partial charge >= 0.3 is 0 Å². The Labute approximate surface area is 158 Å². The van der Waals surface area contributed by atoms with E-state index in [9.17, 15) is 4.79 Å². The third-order valence-electron chi connectivity index (χ3n) is 4.86. The summed E-state index contributed by atoms with van der Waals surface area (Å²) in [6, 6.07) is 8.03. The second-order valence-corrected chi connectivity index (χ2v) is 6.89. The number of nitrogens with one attached hydrogen (secondary N) is 1. The molecule has 3 aromatic rings. The molecule has 0 spiro atoms. The van der Waals surface area contributed by atoms with Crippen LogP contribution in [0.5, 0.6) is 0 Å². The number of rotatable bonds is 3. The van der Waals surface area contributed by atoms with Crippen molar-refractivity contribution in [2.24, 2.45) is 0 Å². The molecule has 7 nitrogen and oxygen atoms in total. The highest BCUT2D eigenvalue weighted by Gasteiger charge is 2.17. The van der Waals surface area contributed by atoms with Crippen molar-refractivity contribution in [3.8, 4) is 0 Å². The van der Waals surface area contributed by atoms with E-state index in [1.54, 1.807) is 10.7 Å². The van der Waals surface area contributed by atoms with Gasteiger partial charge in [-0.3, -0.25) is 4.79 Å². The van der Waals surface area contributed by atoms with Crippen LogP contribution < -0.4 is 10.2 Å². The molecular weight excluding hydrogens is 342 g/mol. The molecule has 27 heavy (non-hydrogen) atoms. The fraction of sp³-hybridized carbons (Fsp3) is 0.350. The van der Waals surface area contributed by atoms with Gasteiger partial charge in [0.15, 0.2) is 5.65 Å². The molecule has 0 saturated carbocycles. The lowest BCUT2D eigenvalue weighted by Crippen LogP contribution is -2.36. The standard InChI is InChI=1S/C20H23N5O2/c1-13-10-16(24-6-8-27-9-7-24)4-5-18(13)23-20(26)17-12-21-25-15(3)11-14(2)22-19(17)25/h4-5,10-12H,6-9H2,1-3H3,(H,23,26). The normalized spacial score (nSPS) is 14.6. The topological polar surface area (TPSA) is 71.8 Å². The molecule has 0 aliphatic carbocycles. The molecule has 0 radical (unpaired) electrons. The number of benzene rings is 1. The van der Waals surface area contributed by atoms with Crippen LogP contribution in [0, 0.1) is 20.8 Å². The summed E-state index contributed by atoms with van der Waals surface area (Å²) in [6.07, 6.45) is 1.57. The molecule has 0 atom stereocenters. The van der Waals surface area contributed by atoms with Gasteiger partial charge in [-0.15, -0.1) is 0 Å². The highest BCUT2D eigenvalue weighted by atomic mass is 16.5. The minimum Gasteiger partial charge on any atom is -0.378 e. The lowest BCUT2D eigenvalue weighted by molar-refractivity contribution is 0.102. The average molecular weight is 365 g/mol. The zero-order valence-corrected chi connectivity index (χ0v) is 15.8. The van der Waals surface area contributed by atoms with Gasteiger partial charge in [0.05, 0.1) is 19.4 Å². The van der Waals surface area contributed by atoms with Crippen molar-refractivity contribution < 1.29 is 9.53 Å². The summed E-state index contributed by atoms with van der Waals surface area (Å²) >= 11 is 0. The number of anilines is 2. The Morgan fingerprint density at radius 3 is 2.67 bits per heavy atom. The van der Waals surface area contributed by atoms with E-state index >= 15 is 0 Å². The molecule has 0 unspecified atom stereocenters.